The lowest BCUT2D eigenvalue weighted by molar-refractivity contribution is 1.14. The summed E-state index contributed by atoms with van der Waals surface area (Å²) in [4.78, 5) is 8.51. The van der Waals surface area contributed by atoms with Crippen molar-refractivity contribution in [3.63, 3.8) is 0 Å². The highest BCUT2D eigenvalue weighted by Crippen LogP contribution is 2.16. The smallest absolute Gasteiger partial charge is 0.0701 e. The van der Waals surface area contributed by atoms with Crippen LogP contribution in [0.4, 0.5) is 0 Å². The number of pyridine rings is 1. The Morgan fingerprint density at radius 3 is 2.56 bits per heavy atom. The lowest BCUT2D eigenvalue weighted by Crippen LogP contribution is -1.84. The molecule has 0 aliphatic rings. The first-order valence-corrected chi connectivity index (χ1v) is 5.41. The molecule has 0 atom stereocenters. The van der Waals surface area contributed by atoms with Gasteiger partial charge in [-0.25, -0.2) is 0 Å². The molecule has 0 N–H and O–H groups in total. The molecule has 1 aromatic carbocycles. The maximum Gasteiger partial charge on any atom is 0.0701 e. The van der Waals surface area contributed by atoms with Gasteiger partial charge in [0.05, 0.1) is 5.69 Å². The van der Waals surface area contributed by atoms with Crippen LogP contribution in [0.5, 0.6) is 0 Å². The van der Waals surface area contributed by atoms with Gasteiger partial charge in [0.1, 0.15) is 0 Å². The number of nitrogens with zero attached hydrogens (tertiary/aromatic N) is 2. The fourth-order valence-electron chi connectivity index (χ4n) is 1.47. The van der Waals surface area contributed by atoms with E-state index in [0.29, 0.717) is 0 Å². The number of hydrogen-bond acceptors (Lipinski definition) is 2. The van der Waals surface area contributed by atoms with Crippen molar-refractivity contribution in [1.29, 1.82) is 0 Å². The molecule has 0 bridgehead atoms. The minimum Gasteiger partial charge on any atom is -0.293 e. The second kappa shape index (κ2) is 5.21. The zero-order valence-corrected chi connectivity index (χ0v) is 9.30. The average Bonchev–Trinajstić information content (AvgIpc) is 2.38. The molecule has 0 aliphatic heterocycles. The van der Waals surface area contributed by atoms with Crippen LogP contribution in [0.25, 0.3) is 11.3 Å². The van der Waals surface area contributed by atoms with Crippen molar-refractivity contribution in [2.45, 2.75) is 6.92 Å². The third-order valence-electron chi connectivity index (χ3n) is 2.29. The van der Waals surface area contributed by atoms with E-state index in [-0.39, 0.29) is 0 Å². The molecule has 2 heteroatoms. The molecule has 0 spiro atoms. The van der Waals surface area contributed by atoms with Crippen LogP contribution in [-0.2, 0) is 0 Å². The summed E-state index contributed by atoms with van der Waals surface area (Å²) >= 11 is 0. The Kier molecular flexibility index (Phi) is 3.44. The van der Waals surface area contributed by atoms with Crippen molar-refractivity contribution in [2.75, 3.05) is 6.54 Å². The van der Waals surface area contributed by atoms with Crippen molar-refractivity contribution < 1.29 is 0 Å². The Balaban J connectivity index is 2.23. The van der Waals surface area contributed by atoms with E-state index < -0.39 is 0 Å². The first kappa shape index (κ1) is 10.6. The van der Waals surface area contributed by atoms with E-state index in [1.54, 1.807) is 0 Å². The van der Waals surface area contributed by atoms with Gasteiger partial charge >= 0.3 is 0 Å². The van der Waals surface area contributed by atoms with E-state index in [0.717, 1.165) is 23.4 Å². The Morgan fingerprint density at radius 2 is 1.94 bits per heavy atom. The van der Waals surface area contributed by atoms with Crippen molar-refractivity contribution in [2.24, 2.45) is 4.99 Å². The predicted octanol–water partition coefficient (Wildman–Crippen LogP) is 3.19. The molecule has 0 radical (unpaired) electrons. The summed E-state index contributed by atoms with van der Waals surface area (Å²) in [6, 6.07) is 14.2. The Labute approximate surface area is 95.7 Å². The largest absolute Gasteiger partial charge is 0.293 e. The van der Waals surface area contributed by atoms with Crippen LogP contribution >= 0.6 is 0 Å². The fourth-order valence-corrected chi connectivity index (χ4v) is 1.47. The van der Waals surface area contributed by atoms with E-state index in [1.165, 1.54) is 0 Å². The molecule has 2 nitrogen and oxygen atoms in total. The Bertz CT molecular complexity index is 458. The second-order valence-corrected chi connectivity index (χ2v) is 3.46. The molecule has 2 aromatic rings. The lowest BCUT2D eigenvalue weighted by atomic mass is 10.1. The summed E-state index contributed by atoms with van der Waals surface area (Å²) in [7, 11) is 0. The molecule has 0 unspecified atom stereocenters. The van der Waals surface area contributed by atoms with E-state index in [4.69, 9.17) is 0 Å². The summed E-state index contributed by atoms with van der Waals surface area (Å²) < 4.78 is 0. The van der Waals surface area contributed by atoms with Gasteiger partial charge < -0.3 is 0 Å². The summed E-state index contributed by atoms with van der Waals surface area (Å²) in [5.41, 5.74) is 3.26. The molecule has 0 saturated heterocycles. The van der Waals surface area contributed by atoms with Crippen LogP contribution in [0.15, 0.2) is 53.7 Å². The SMILES string of the molecule is CCN=Cc1ccc(-c2ccccn2)cc1. The van der Waals surface area contributed by atoms with Gasteiger partial charge in [-0.2, -0.15) is 0 Å². The standard InChI is InChI=1S/C14H14N2/c1-2-15-11-12-6-8-13(9-7-12)14-5-3-4-10-16-14/h3-11H,2H2,1H3. The van der Waals surface area contributed by atoms with E-state index in [1.807, 2.05) is 37.5 Å². The summed E-state index contributed by atoms with van der Waals surface area (Å²) in [5.74, 6) is 0. The molecular weight excluding hydrogens is 196 g/mol. The minimum atomic E-state index is 0.821. The summed E-state index contributed by atoms with van der Waals surface area (Å²) in [6.07, 6.45) is 3.70. The van der Waals surface area contributed by atoms with Crippen LogP contribution in [0, 0.1) is 0 Å². The zero-order valence-electron chi connectivity index (χ0n) is 9.30. The van der Waals surface area contributed by atoms with Gasteiger partial charge in [0.25, 0.3) is 0 Å². The predicted molar refractivity (Wildman–Crippen MR) is 67.8 cm³/mol. The van der Waals surface area contributed by atoms with Crippen LogP contribution < -0.4 is 0 Å². The van der Waals surface area contributed by atoms with Crippen molar-refractivity contribution >= 4 is 6.21 Å². The summed E-state index contributed by atoms with van der Waals surface area (Å²) in [6.45, 7) is 2.85. The molecule has 1 aromatic heterocycles. The molecule has 80 valence electrons. The van der Waals surface area contributed by atoms with Crippen LogP contribution in [-0.4, -0.2) is 17.7 Å². The second-order valence-electron chi connectivity index (χ2n) is 3.46. The first-order chi connectivity index (χ1) is 7.90. The molecule has 16 heavy (non-hydrogen) atoms. The number of benzene rings is 1. The fraction of sp³-hybridized carbons (Fsp3) is 0.143. The van der Waals surface area contributed by atoms with Gasteiger partial charge in [-0.1, -0.05) is 30.3 Å². The number of hydrogen-bond donors (Lipinski definition) is 0. The van der Waals surface area contributed by atoms with Gasteiger partial charge in [0.15, 0.2) is 0 Å². The third-order valence-corrected chi connectivity index (χ3v) is 2.29. The Hall–Kier alpha value is -1.96. The number of aromatic nitrogens is 1. The highest BCUT2D eigenvalue weighted by Gasteiger charge is 1.96. The summed E-state index contributed by atoms with van der Waals surface area (Å²) in [5, 5.41) is 0. The molecule has 0 aliphatic carbocycles. The first-order valence-electron chi connectivity index (χ1n) is 5.41. The third kappa shape index (κ3) is 2.54. The van der Waals surface area contributed by atoms with Crippen molar-refractivity contribution in [3.8, 4) is 11.3 Å². The van der Waals surface area contributed by atoms with Gasteiger partial charge in [-0.3, -0.25) is 9.98 Å². The Morgan fingerprint density at radius 1 is 1.12 bits per heavy atom. The van der Waals surface area contributed by atoms with Crippen LogP contribution in [0.2, 0.25) is 0 Å². The van der Waals surface area contributed by atoms with Gasteiger partial charge in [0.2, 0.25) is 0 Å². The molecule has 0 amide bonds. The van der Waals surface area contributed by atoms with Crippen LogP contribution in [0.1, 0.15) is 12.5 Å². The monoisotopic (exact) mass is 210 g/mol. The van der Waals surface area contributed by atoms with Crippen LogP contribution in [0.3, 0.4) is 0 Å². The van der Waals surface area contributed by atoms with Crippen molar-refractivity contribution in [1.82, 2.24) is 4.98 Å². The lowest BCUT2D eigenvalue weighted by Gasteiger charge is -2.00. The highest BCUT2D eigenvalue weighted by molar-refractivity contribution is 5.80. The average molecular weight is 210 g/mol. The van der Waals surface area contributed by atoms with Crippen molar-refractivity contribution in [3.05, 3.63) is 54.2 Å². The van der Waals surface area contributed by atoms with Gasteiger partial charge in [-0.05, 0) is 24.6 Å². The highest BCUT2D eigenvalue weighted by atomic mass is 14.7. The van der Waals surface area contributed by atoms with E-state index >= 15 is 0 Å². The maximum atomic E-state index is 4.31. The molecule has 0 saturated carbocycles. The topological polar surface area (TPSA) is 25.2 Å². The van der Waals surface area contributed by atoms with E-state index in [2.05, 4.69) is 34.2 Å². The quantitative estimate of drug-likeness (QED) is 0.714. The van der Waals surface area contributed by atoms with Gasteiger partial charge in [0, 0.05) is 24.5 Å². The molecule has 1 heterocycles. The minimum absolute atomic E-state index is 0.821. The molecule has 2 rings (SSSR count). The molecule has 0 fully saturated rings. The number of aliphatic imine (C=N–C) groups is 1. The zero-order chi connectivity index (χ0) is 11.2. The number of rotatable bonds is 3. The maximum absolute atomic E-state index is 4.31. The van der Waals surface area contributed by atoms with Gasteiger partial charge in [-0.15, -0.1) is 0 Å². The van der Waals surface area contributed by atoms with E-state index in [9.17, 15) is 0 Å². The molecular formula is C14H14N2. The normalized spacial score (nSPS) is 10.8.